The van der Waals surface area contributed by atoms with Gasteiger partial charge in [0.15, 0.2) is 11.5 Å². The molecule has 3 aromatic rings. The number of pyridine rings is 1. The number of rotatable bonds is 7. The van der Waals surface area contributed by atoms with Crippen molar-refractivity contribution in [3.63, 3.8) is 0 Å². The van der Waals surface area contributed by atoms with Crippen LogP contribution in [-0.2, 0) is 17.9 Å². The van der Waals surface area contributed by atoms with Gasteiger partial charge in [0.1, 0.15) is 6.33 Å². The molecule has 128 valence electrons. The van der Waals surface area contributed by atoms with E-state index in [1.807, 2.05) is 22.8 Å². The van der Waals surface area contributed by atoms with E-state index < -0.39 is 0 Å². The van der Waals surface area contributed by atoms with Gasteiger partial charge in [-0.3, -0.25) is 14.9 Å². The predicted molar refractivity (Wildman–Crippen MR) is 89.8 cm³/mol. The first-order chi connectivity index (χ1) is 12.2. The van der Waals surface area contributed by atoms with E-state index in [4.69, 9.17) is 4.74 Å². The molecule has 0 bridgehead atoms. The van der Waals surface area contributed by atoms with E-state index in [1.165, 1.54) is 6.33 Å². The zero-order valence-electron chi connectivity index (χ0n) is 13.6. The highest BCUT2D eigenvalue weighted by molar-refractivity contribution is 6.07. The van der Waals surface area contributed by atoms with Crippen LogP contribution in [0.4, 0.5) is 0 Å². The van der Waals surface area contributed by atoms with Crippen molar-refractivity contribution in [3.05, 3.63) is 71.8 Å². The number of carbonyl (C=O) groups excluding carboxylic acids is 1. The average Bonchev–Trinajstić information content (AvgIpc) is 3.27. The van der Waals surface area contributed by atoms with Gasteiger partial charge in [-0.2, -0.15) is 5.10 Å². The number of H-pyrrole nitrogens is 1. The number of hydrogen-bond acceptors (Lipinski definition) is 6. The monoisotopic (exact) mass is 339 g/mol. The van der Waals surface area contributed by atoms with Crippen LogP contribution >= 0.6 is 0 Å². The van der Waals surface area contributed by atoms with E-state index in [0.717, 1.165) is 17.5 Å². The number of aliphatic hydroxyl groups is 1. The van der Waals surface area contributed by atoms with Crippen molar-refractivity contribution < 1.29 is 14.6 Å². The van der Waals surface area contributed by atoms with Crippen LogP contribution in [0, 0.1) is 0 Å². The first-order valence-electron chi connectivity index (χ1n) is 7.56. The molecular weight excluding hydrogens is 322 g/mol. The number of methoxy groups -OCH3 is 1. The first kappa shape index (κ1) is 16.6. The lowest BCUT2D eigenvalue weighted by Crippen LogP contribution is -2.05. The molecule has 0 spiro atoms. The second-order valence-electron chi connectivity index (χ2n) is 5.32. The summed E-state index contributed by atoms with van der Waals surface area (Å²) in [4.78, 5) is 20.5. The summed E-state index contributed by atoms with van der Waals surface area (Å²) in [5, 5.41) is 16.1. The van der Waals surface area contributed by atoms with Gasteiger partial charge in [0, 0.05) is 36.8 Å². The largest absolute Gasteiger partial charge is 0.504 e. The van der Waals surface area contributed by atoms with Crippen molar-refractivity contribution in [2.24, 2.45) is 0 Å². The van der Waals surface area contributed by atoms with E-state index in [9.17, 15) is 9.90 Å². The van der Waals surface area contributed by atoms with E-state index in [-0.39, 0.29) is 17.4 Å². The fourth-order valence-electron chi connectivity index (χ4n) is 2.38. The van der Waals surface area contributed by atoms with Gasteiger partial charge < -0.3 is 14.4 Å². The number of allylic oxidation sites excluding steroid dienone is 1. The summed E-state index contributed by atoms with van der Waals surface area (Å²) in [6.07, 6.45) is 5.86. The number of nitrogens with zero attached hydrogens (tertiary/aromatic N) is 4. The molecule has 8 nitrogen and oxygen atoms in total. The van der Waals surface area contributed by atoms with Crippen molar-refractivity contribution in [2.45, 2.75) is 13.2 Å². The van der Waals surface area contributed by atoms with E-state index in [0.29, 0.717) is 18.7 Å². The zero-order valence-corrected chi connectivity index (χ0v) is 13.6. The summed E-state index contributed by atoms with van der Waals surface area (Å²) in [6.45, 7) is 0.875. The minimum atomic E-state index is -0.348. The number of ketones is 1. The molecule has 0 aliphatic rings. The number of aromatic nitrogens is 5. The highest BCUT2D eigenvalue weighted by Gasteiger charge is 2.14. The van der Waals surface area contributed by atoms with E-state index in [2.05, 4.69) is 20.2 Å². The Balaban J connectivity index is 1.85. The number of ether oxygens (including phenoxy) is 1. The van der Waals surface area contributed by atoms with Crippen LogP contribution in [-0.4, -0.2) is 42.7 Å². The Labute approximate surface area is 143 Å². The number of hydrogen-bond donors (Lipinski definition) is 2. The number of carbonyl (C=O) groups is 1. The SMILES string of the molecule is COCc1cc(C(=O)C=C(O)c2nc[nH]n2)cn1Cc1ccccn1. The van der Waals surface area contributed by atoms with Gasteiger partial charge in [0.25, 0.3) is 0 Å². The van der Waals surface area contributed by atoms with Crippen LogP contribution in [0.15, 0.2) is 49.1 Å². The summed E-state index contributed by atoms with van der Waals surface area (Å²) in [6, 6.07) is 7.40. The van der Waals surface area contributed by atoms with Crippen LogP contribution in [0.5, 0.6) is 0 Å². The van der Waals surface area contributed by atoms with Gasteiger partial charge in [-0.25, -0.2) is 4.98 Å². The Morgan fingerprint density at radius 3 is 2.96 bits per heavy atom. The minimum absolute atomic E-state index is 0.0679. The van der Waals surface area contributed by atoms with Crippen molar-refractivity contribution in [1.29, 1.82) is 0 Å². The summed E-state index contributed by atoms with van der Waals surface area (Å²) < 4.78 is 7.10. The normalized spacial score (nSPS) is 11.6. The zero-order chi connectivity index (χ0) is 17.6. The van der Waals surface area contributed by atoms with Crippen LogP contribution < -0.4 is 0 Å². The number of aliphatic hydroxyl groups excluding tert-OH is 1. The molecule has 0 amide bonds. The first-order valence-corrected chi connectivity index (χ1v) is 7.56. The molecule has 25 heavy (non-hydrogen) atoms. The number of nitrogens with one attached hydrogen (secondary N) is 1. The fourth-order valence-corrected chi connectivity index (χ4v) is 2.38. The van der Waals surface area contributed by atoms with Crippen molar-refractivity contribution >= 4 is 11.5 Å². The second-order valence-corrected chi connectivity index (χ2v) is 5.32. The van der Waals surface area contributed by atoms with E-state index in [1.54, 1.807) is 25.6 Å². The maximum atomic E-state index is 12.4. The molecule has 3 heterocycles. The molecular formula is C17H17N5O3. The van der Waals surface area contributed by atoms with Gasteiger partial charge in [-0.05, 0) is 18.2 Å². The molecule has 0 aliphatic carbocycles. The Hall–Kier alpha value is -3.26. The highest BCUT2D eigenvalue weighted by atomic mass is 16.5. The van der Waals surface area contributed by atoms with Crippen molar-refractivity contribution in [2.75, 3.05) is 7.11 Å². The standard InChI is InChI=1S/C17H17N5O3/c1-25-10-14-6-12(8-22(14)9-13-4-2-3-5-18-13)15(23)7-16(24)17-19-11-20-21-17/h2-8,11,24H,9-10H2,1H3,(H,19,20,21). The Bertz CT molecular complexity index is 869. The van der Waals surface area contributed by atoms with Gasteiger partial charge in [0.05, 0.1) is 18.8 Å². The van der Waals surface area contributed by atoms with Crippen LogP contribution in [0.2, 0.25) is 0 Å². The molecule has 0 radical (unpaired) electrons. The Kier molecular flexibility index (Phi) is 5.00. The highest BCUT2D eigenvalue weighted by Crippen LogP contribution is 2.15. The summed E-state index contributed by atoms with van der Waals surface area (Å²) in [5.74, 6) is -0.574. The van der Waals surface area contributed by atoms with Crippen LogP contribution in [0.1, 0.15) is 27.6 Å². The molecule has 0 atom stereocenters. The fraction of sp³-hybridized carbons (Fsp3) is 0.176. The summed E-state index contributed by atoms with van der Waals surface area (Å²) in [5.41, 5.74) is 2.14. The topological polar surface area (TPSA) is 106 Å². The molecule has 0 fully saturated rings. The molecule has 2 N–H and O–H groups in total. The summed E-state index contributed by atoms with van der Waals surface area (Å²) >= 11 is 0. The third-order valence-corrected chi connectivity index (χ3v) is 3.53. The maximum absolute atomic E-state index is 12.4. The molecule has 0 saturated carbocycles. The summed E-state index contributed by atoms with van der Waals surface area (Å²) in [7, 11) is 1.59. The molecule has 0 saturated heterocycles. The predicted octanol–water partition coefficient (Wildman–Crippen LogP) is 1.98. The quantitative estimate of drug-likeness (QED) is 0.387. The smallest absolute Gasteiger partial charge is 0.215 e. The van der Waals surface area contributed by atoms with Crippen molar-refractivity contribution in [3.8, 4) is 0 Å². The lowest BCUT2D eigenvalue weighted by atomic mass is 10.2. The van der Waals surface area contributed by atoms with Crippen molar-refractivity contribution in [1.82, 2.24) is 24.7 Å². The van der Waals surface area contributed by atoms with Gasteiger partial charge in [0.2, 0.25) is 5.82 Å². The molecule has 0 aliphatic heterocycles. The molecule has 0 aromatic carbocycles. The minimum Gasteiger partial charge on any atom is -0.504 e. The van der Waals surface area contributed by atoms with Crippen LogP contribution in [0.25, 0.3) is 5.76 Å². The molecule has 3 rings (SSSR count). The van der Waals surface area contributed by atoms with Gasteiger partial charge >= 0.3 is 0 Å². The number of aromatic amines is 1. The Morgan fingerprint density at radius 2 is 2.28 bits per heavy atom. The van der Waals surface area contributed by atoms with Gasteiger partial charge in [-0.1, -0.05) is 6.07 Å². The average molecular weight is 339 g/mol. The third kappa shape index (κ3) is 3.99. The maximum Gasteiger partial charge on any atom is 0.215 e. The van der Waals surface area contributed by atoms with E-state index >= 15 is 0 Å². The van der Waals surface area contributed by atoms with Crippen LogP contribution in [0.3, 0.4) is 0 Å². The lowest BCUT2D eigenvalue weighted by molar-refractivity contribution is 0.104. The van der Waals surface area contributed by atoms with Gasteiger partial charge in [-0.15, -0.1) is 0 Å². The molecule has 8 heteroatoms. The second kappa shape index (κ2) is 7.54. The third-order valence-electron chi connectivity index (χ3n) is 3.53. The molecule has 0 unspecified atom stereocenters. The lowest BCUT2D eigenvalue weighted by Gasteiger charge is -2.07. The Morgan fingerprint density at radius 1 is 1.40 bits per heavy atom. The molecule has 3 aromatic heterocycles.